The van der Waals surface area contributed by atoms with E-state index in [9.17, 15) is 0 Å². The third-order valence-electron chi connectivity index (χ3n) is 3.17. The van der Waals surface area contributed by atoms with Crippen molar-refractivity contribution in [3.8, 4) is 11.3 Å². The quantitative estimate of drug-likeness (QED) is 0.679. The Morgan fingerprint density at radius 3 is 2.68 bits per heavy atom. The second-order valence-electron chi connectivity index (χ2n) is 4.78. The maximum Gasteiger partial charge on any atom is 0.145 e. The van der Waals surface area contributed by atoms with Crippen LogP contribution in [-0.2, 0) is 7.05 Å². The molecule has 2 aromatic heterocycles. The van der Waals surface area contributed by atoms with Crippen LogP contribution in [0.15, 0.2) is 34.9 Å². The summed E-state index contributed by atoms with van der Waals surface area (Å²) < 4.78 is 3.05. The standard InChI is InChI=1S/C15H14BrN3/c1-9-5-4-6-11(7-9)14-13-12(16)8-19(3)15(13)18-10(2)17-14/h4-8H,1-3H3. The first-order valence-electron chi connectivity index (χ1n) is 6.12. The van der Waals surface area contributed by atoms with Crippen LogP contribution in [0.2, 0.25) is 0 Å². The van der Waals surface area contributed by atoms with Crippen molar-refractivity contribution in [2.75, 3.05) is 0 Å². The highest BCUT2D eigenvalue weighted by Crippen LogP contribution is 2.33. The summed E-state index contributed by atoms with van der Waals surface area (Å²) in [6.07, 6.45) is 2.03. The summed E-state index contributed by atoms with van der Waals surface area (Å²) in [6.45, 7) is 4.02. The molecular weight excluding hydrogens is 302 g/mol. The number of fused-ring (bicyclic) bond motifs is 1. The summed E-state index contributed by atoms with van der Waals surface area (Å²) in [5, 5.41) is 1.07. The molecule has 0 aliphatic carbocycles. The van der Waals surface area contributed by atoms with Crippen molar-refractivity contribution in [1.29, 1.82) is 0 Å². The topological polar surface area (TPSA) is 30.7 Å². The fourth-order valence-electron chi connectivity index (χ4n) is 2.33. The monoisotopic (exact) mass is 315 g/mol. The van der Waals surface area contributed by atoms with Crippen LogP contribution < -0.4 is 0 Å². The molecule has 0 unspecified atom stereocenters. The highest BCUT2D eigenvalue weighted by Gasteiger charge is 2.14. The average Bonchev–Trinajstić information content (AvgIpc) is 2.64. The maximum absolute atomic E-state index is 4.63. The highest BCUT2D eigenvalue weighted by atomic mass is 79.9. The summed E-state index contributed by atoms with van der Waals surface area (Å²) in [7, 11) is 2.00. The molecule has 0 atom stereocenters. The van der Waals surface area contributed by atoms with Gasteiger partial charge in [-0.15, -0.1) is 0 Å². The van der Waals surface area contributed by atoms with Gasteiger partial charge in [-0.3, -0.25) is 0 Å². The van der Waals surface area contributed by atoms with Crippen LogP contribution in [0.5, 0.6) is 0 Å². The first kappa shape index (κ1) is 12.4. The summed E-state index contributed by atoms with van der Waals surface area (Å²) in [4.78, 5) is 9.16. The van der Waals surface area contributed by atoms with Gasteiger partial charge in [-0.1, -0.05) is 23.8 Å². The molecule has 0 N–H and O–H groups in total. The van der Waals surface area contributed by atoms with E-state index >= 15 is 0 Å². The molecule has 0 saturated carbocycles. The number of benzene rings is 1. The predicted octanol–water partition coefficient (Wildman–Crippen LogP) is 4.01. The number of aromatic nitrogens is 3. The van der Waals surface area contributed by atoms with Crippen LogP contribution in [0.25, 0.3) is 22.3 Å². The molecule has 19 heavy (non-hydrogen) atoms. The summed E-state index contributed by atoms with van der Waals surface area (Å²) >= 11 is 3.61. The Kier molecular flexibility index (Phi) is 2.90. The van der Waals surface area contributed by atoms with Crippen LogP contribution in [-0.4, -0.2) is 14.5 Å². The molecule has 0 aliphatic heterocycles. The number of rotatable bonds is 1. The first-order chi connectivity index (χ1) is 9.06. The summed E-state index contributed by atoms with van der Waals surface area (Å²) in [5.74, 6) is 0.790. The average molecular weight is 316 g/mol. The smallest absolute Gasteiger partial charge is 0.145 e. The third kappa shape index (κ3) is 2.06. The molecule has 0 aliphatic rings. The van der Waals surface area contributed by atoms with Crippen molar-refractivity contribution in [3.05, 3.63) is 46.3 Å². The molecule has 0 saturated heterocycles. The minimum atomic E-state index is 0.790. The molecule has 96 valence electrons. The zero-order valence-corrected chi connectivity index (χ0v) is 12.7. The fourth-order valence-corrected chi connectivity index (χ4v) is 3.00. The third-order valence-corrected chi connectivity index (χ3v) is 3.77. The Labute approximate surface area is 120 Å². The Morgan fingerprint density at radius 1 is 1.16 bits per heavy atom. The zero-order chi connectivity index (χ0) is 13.6. The lowest BCUT2D eigenvalue weighted by atomic mass is 10.1. The van der Waals surface area contributed by atoms with Gasteiger partial charge >= 0.3 is 0 Å². The van der Waals surface area contributed by atoms with Crippen molar-refractivity contribution in [2.24, 2.45) is 7.05 Å². The normalized spacial score (nSPS) is 11.2. The van der Waals surface area contributed by atoms with Crippen LogP contribution >= 0.6 is 15.9 Å². The molecule has 1 aromatic carbocycles. The number of aryl methyl sites for hydroxylation is 3. The second kappa shape index (κ2) is 4.46. The molecule has 3 rings (SSSR count). The molecule has 3 aromatic rings. The summed E-state index contributed by atoms with van der Waals surface area (Å²) in [6, 6.07) is 8.40. The lowest BCUT2D eigenvalue weighted by Gasteiger charge is -2.06. The number of hydrogen-bond donors (Lipinski definition) is 0. The van der Waals surface area contributed by atoms with Gasteiger partial charge in [-0.05, 0) is 35.8 Å². The van der Waals surface area contributed by atoms with Crippen LogP contribution in [0.3, 0.4) is 0 Å². The van der Waals surface area contributed by atoms with Crippen molar-refractivity contribution in [3.63, 3.8) is 0 Å². The van der Waals surface area contributed by atoms with Crippen molar-refractivity contribution < 1.29 is 0 Å². The molecule has 0 bridgehead atoms. The van der Waals surface area contributed by atoms with Crippen molar-refractivity contribution in [2.45, 2.75) is 13.8 Å². The van der Waals surface area contributed by atoms with E-state index in [1.807, 2.05) is 24.7 Å². The molecule has 2 heterocycles. The fraction of sp³-hybridized carbons (Fsp3) is 0.200. The Balaban J connectivity index is 2.40. The van der Waals surface area contributed by atoms with Gasteiger partial charge in [0.25, 0.3) is 0 Å². The van der Waals surface area contributed by atoms with E-state index in [-0.39, 0.29) is 0 Å². The van der Waals surface area contributed by atoms with Crippen molar-refractivity contribution in [1.82, 2.24) is 14.5 Å². The molecule has 4 heteroatoms. The van der Waals surface area contributed by atoms with Gasteiger partial charge in [-0.25, -0.2) is 9.97 Å². The van der Waals surface area contributed by atoms with E-state index in [0.717, 1.165) is 32.6 Å². The Bertz CT molecular complexity index is 774. The molecule has 0 radical (unpaired) electrons. The minimum absolute atomic E-state index is 0.790. The van der Waals surface area contributed by atoms with E-state index in [4.69, 9.17) is 0 Å². The lowest BCUT2D eigenvalue weighted by Crippen LogP contribution is -1.96. The van der Waals surface area contributed by atoms with Gasteiger partial charge < -0.3 is 4.57 Å². The van der Waals surface area contributed by atoms with E-state index in [1.165, 1.54) is 5.56 Å². The van der Waals surface area contributed by atoms with Crippen LogP contribution in [0, 0.1) is 13.8 Å². The van der Waals surface area contributed by atoms with Gasteiger partial charge in [0, 0.05) is 23.3 Å². The molecule has 0 fully saturated rings. The van der Waals surface area contributed by atoms with Crippen LogP contribution in [0.1, 0.15) is 11.4 Å². The minimum Gasteiger partial charge on any atom is -0.334 e. The summed E-state index contributed by atoms with van der Waals surface area (Å²) in [5.41, 5.74) is 4.30. The van der Waals surface area contributed by atoms with Gasteiger partial charge in [0.2, 0.25) is 0 Å². The van der Waals surface area contributed by atoms with Gasteiger partial charge in [0.1, 0.15) is 11.5 Å². The predicted molar refractivity (Wildman–Crippen MR) is 81.1 cm³/mol. The maximum atomic E-state index is 4.63. The van der Waals surface area contributed by atoms with E-state index in [1.54, 1.807) is 0 Å². The zero-order valence-electron chi connectivity index (χ0n) is 11.1. The van der Waals surface area contributed by atoms with E-state index in [2.05, 4.69) is 57.1 Å². The Hall–Kier alpha value is -1.68. The van der Waals surface area contributed by atoms with E-state index in [0.29, 0.717) is 0 Å². The van der Waals surface area contributed by atoms with Gasteiger partial charge in [-0.2, -0.15) is 0 Å². The largest absolute Gasteiger partial charge is 0.334 e. The second-order valence-corrected chi connectivity index (χ2v) is 5.63. The number of hydrogen-bond acceptors (Lipinski definition) is 2. The van der Waals surface area contributed by atoms with Crippen molar-refractivity contribution >= 4 is 27.0 Å². The number of nitrogens with zero attached hydrogens (tertiary/aromatic N) is 3. The Morgan fingerprint density at radius 2 is 1.95 bits per heavy atom. The van der Waals surface area contributed by atoms with E-state index < -0.39 is 0 Å². The number of halogens is 1. The molecule has 3 nitrogen and oxygen atoms in total. The molecular formula is C15H14BrN3. The first-order valence-corrected chi connectivity index (χ1v) is 6.92. The van der Waals surface area contributed by atoms with Crippen LogP contribution in [0.4, 0.5) is 0 Å². The molecule has 0 amide bonds. The van der Waals surface area contributed by atoms with Gasteiger partial charge in [0.15, 0.2) is 0 Å². The van der Waals surface area contributed by atoms with Gasteiger partial charge in [0.05, 0.1) is 11.1 Å². The lowest BCUT2D eigenvalue weighted by molar-refractivity contribution is 0.931. The highest BCUT2D eigenvalue weighted by molar-refractivity contribution is 9.10. The SMILES string of the molecule is Cc1cccc(-c2nc(C)nc3c2c(Br)cn3C)c1. The molecule has 0 spiro atoms.